The van der Waals surface area contributed by atoms with Crippen LogP contribution in [0.25, 0.3) is 10.9 Å². The van der Waals surface area contributed by atoms with Gasteiger partial charge in [0, 0.05) is 29.6 Å². The van der Waals surface area contributed by atoms with Gasteiger partial charge in [-0.25, -0.2) is 0 Å². The Kier molecular flexibility index (Phi) is 4.39. The summed E-state index contributed by atoms with van der Waals surface area (Å²) in [7, 11) is 2.16. The van der Waals surface area contributed by atoms with Crippen LogP contribution in [0, 0.1) is 6.92 Å². The second-order valence-electron chi connectivity index (χ2n) is 7.51. The highest BCUT2D eigenvalue weighted by Gasteiger charge is 2.19. The van der Waals surface area contributed by atoms with Crippen LogP contribution in [0.15, 0.2) is 42.5 Å². The SMILES string of the molecule is Cc1c(CC(CN)c2ccc3c(c2)CCCC3)c2ccccc2n1C. The van der Waals surface area contributed by atoms with Gasteiger partial charge in [0.15, 0.2) is 0 Å². The quantitative estimate of drug-likeness (QED) is 0.741. The molecule has 0 amide bonds. The molecule has 2 nitrogen and oxygen atoms in total. The zero-order valence-electron chi connectivity index (χ0n) is 15.4. The van der Waals surface area contributed by atoms with Crippen LogP contribution in [-0.4, -0.2) is 11.1 Å². The molecular formula is C23H28N2. The molecule has 3 aromatic rings. The summed E-state index contributed by atoms with van der Waals surface area (Å²) in [5.41, 5.74) is 14.9. The smallest absolute Gasteiger partial charge is 0.0482 e. The van der Waals surface area contributed by atoms with E-state index in [9.17, 15) is 0 Å². The van der Waals surface area contributed by atoms with Crippen LogP contribution < -0.4 is 5.73 Å². The molecule has 1 atom stereocenters. The third kappa shape index (κ3) is 2.89. The van der Waals surface area contributed by atoms with E-state index in [0.29, 0.717) is 12.5 Å². The molecule has 1 aliphatic rings. The molecule has 0 fully saturated rings. The molecule has 25 heavy (non-hydrogen) atoms. The van der Waals surface area contributed by atoms with Crippen molar-refractivity contribution in [1.29, 1.82) is 0 Å². The van der Waals surface area contributed by atoms with E-state index >= 15 is 0 Å². The molecule has 130 valence electrons. The normalized spacial score (nSPS) is 15.3. The maximum Gasteiger partial charge on any atom is 0.0482 e. The first kappa shape index (κ1) is 16.4. The van der Waals surface area contributed by atoms with Gasteiger partial charge in [-0.1, -0.05) is 36.4 Å². The summed E-state index contributed by atoms with van der Waals surface area (Å²) in [5.74, 6) is 0.386. The van der Waals surface area contributed by atoms with Gasteiger partial charge in [0.25, 0.3) is 0 Å². The Morgan fingerprint density at radius 2 is 1.80 bits per heavy atom. The Morgan fingerprint density at radius 3 is 2.60 bits per heavy atom. The lowest BCUT2D eigenvalue weighted by atomic mass is 9.85. The van der Waals surface area contributed by atoms with E-state index in [1.807, 2.05) is 0 Å². The largest absolute Gasteiger partial charge is 0.348 e. The van der Waals surface area contributed by atoms with Crippen molar-refractivity contribution in [1.82, 2.24) is 4.57 Å². The topological polar surface area (TPSA) is 30.9 Å². The number of hydrogen-bond acceptors (Lipinski definition) is 1. The van der Waals surface area contributed by atoms with E-state index < -0.39 is 0 Å². The predicted octanol–water partition coefficient (Wildman–Crippen LogP) is 4.65. The van der Waals surface area contributed by atoms with Crippen LogP contribution in [-0.2, 0) is 26.3 Å². The number of nitrogens with two attached hydrogens (primary N) is 1. The first-order valence-electron chi connectivity index (χ1n) is 9.53. The number of fused-ring (bicyclic) bond motifs is 2. The van der Waals surface area contributed by atoms with Crippen molar-refractivity contribution < 1.29 is 0 Å². The number of aryl methyl sites for hydroxylation is 3. The van der Waals surface area contributed by atoms with Gasteiger partial charge in [-0.05, 0) is 73.9 Å². The Morgan fingerprint density at radius 1 is 1.04 bits per heavy atom. The molecule has 1 aliphatic carbocycles. The van der Waals surface area contributed by atoms with Crippen molar-refractivity contribution in [3.8, 4) is 0 Å². The first-order valence-corrected chi connectivity index (χ1v) is 9.53. The monoisotopic (exact) mass is 332 g/mol. The van der Waals surface area contributed by atoms with E-state index in [1.54, 1.807) is 11.1 Å². The van der Waals surface area contributed by atoms with Crippen LogP contribution >= 0.6 is 0 Å². The molecule has 0 saturated heterocycles. The summed E-state index contributed by atoms with van der Waals surface area (Å²) < 4.78 is 2.31. The summed E-state index contributed by atoms with van der Waals surface area (Å²) in [6, 6.07) is 15.8. The van der Waals surface area contributed by atoms with Crippen molar-refractivity contribution in [2.75, 3.05) is 6.54 Å². The van der Waals surface area contributed by atoms with Crippen LogP contribution in [0.3, 0.4) is 0 Å². The number of hydrogen-bond donors (Lipinski definition) is 1. The first-order chi connectivity index (χ1) is 12.2. The van der Waals surface area contributed by atoms with E-state index in [1.165, 1.54) is 53.4 Å². The molecule has 4 rings (SSSR count). The summed E-state index contributed by atoms with van der Waals surface area (Å²) >= 11 is 0. The molecule has 0 aliphatic heterocycles. The Labute approximate surface area is 150 Å². The van der Waals surface area contributed by atoms with Gasteiger partial charge in [-0.3, -0.25) is 0 Å². The summed E-state index contributed by atoms with van der Waals surface area (Å²) in [6.45, 7) is 2.93. The molecule has 2 heteroatoms. The molecule has 1 aromatic heterocycles. The van der Waals surface area contributed by atoms with Gasteiger partial charge >= 0.3 is 0 Å². The maximum atomic E-state index is 6.22. The molecule has 2 N–H and O–H groups in total. The molecule has 1 heterocycles. The highest BCUT2D eigenvalue weighted by atomic mass is 14.9. The minimum absolute atomic E-state index is 0.386. The average molecular weight is 332 g/mol. The molecule has 1 unspecified atom stereocenters. The lowest BCUT2D eigenvalue weighted by Crippen LogP contribution is -2.16. The van der Waals surface area contributed by atoms with Gasteiger partial charge in [0.05, 0.1) is 0 Å². The zero-order valence-corrected chi connectivity index (χ0v) is 15.4. The third-order valence-corrected chi connectivity index (χ3v) is 6.11. The van der Waals surface area contributed by atoms with Gasteiger partial charge < -0.3 is 10.3 Å². The van der Waals surface area contributed by atoms with Crippen molar-refractivity contribution >= 4 is 10.9 Å². The fourth-order valence-electron chi connectivity index (χ4n) is 4.45. The minimum atomic E-state index is 0.386. The fourth-order valence-corrected chi connectivity index (χ4v) is 4.45. The predicted molar refractivity (Wildman–Crippen MR) is 106 cm³/mol. The Balaban J connectivity index is 1.70. The number of aromatic nitrogens is 1. The highest BCUT2D eigenvalue weighted by Crippen LogP contribution is 2.31. The van der Waals surface area contributed by atoms with E-state index in [-0.39, 0.29) is 0 Å². The highest BCUT2D eigenvalue weighted by molar-refractivity contribution is 5.85. The van der Waals surface area contributed by atoms with Crippen molar-refractivity contribution in [2.45, 2.75) is 44.9 Å². The average Bonchev–Trinajstić information content (AvgIpc) is 2.90. The number of nitrogens with zero attached hydrogens (tertiary/aromatic N) is 1. The van der Waals surface area contributed by atoms with Crippen molar-refractivity contribution in [3.05, 3.63) is 70.4 Å². The second-order valence-corrected chi connectivity index (χ2v) is 7.51. The van der Waals surface area contributed by atoms with E-state index in [2.05, 4.69) is 61.0 Å². The number of para-hydroxylation sites is 1. The minimum Gasteiger partial charge on any atom is -0.348 e. The lowest BCUT2D eigenvalue weighted by molar-refractivity contribution is 0.667. The molecule has 0 saturated carbocycles. The summed E-state index contributed by atoms with van der Waals surface area (Å²) in [4.78, 5) is 0. The molecule has 0 bridgehead atoms. The lowest BCUT2D eigenvalue weighted by Gasteiger charge is -2.21. The van der Waals surface area contributed by atoms with Crippen LogP contribution in [0.4, 0.5) is 0 Å². The third-order valence-electron chi connectivity index (χ3n) is 6.11. The fraction of sp³-hybridized carbons (Fsp3) is 0.391. The molecule has 0 spiro atoms. The van der Waals surface area contributed by atoms with Crippen LogP contribution in [0.2, 0.25) is 0 Å². The van der Waals surface area contributed by atoms with Gasteiger partial charge in [0.1, 0.15) is 0 Å². The van der Waals surface area contributed by atoms with Crippen molar-refractivity contribution in [2.24, 2.45) is 12.8 Å². The zero-order chi connectivity index (χ0) is 17.4. The van der Waals surface area contributed by atoms with Gasteiger partial charge in [-0.2, -0.15) is 0 Å². The number of rotatable bonds is 4. The standard InChI is InChI=1S/C23H28N2/c1-16-22(21-9-5-6-10-23(21)25(16)2)14-20(15-24)19-12-11-17-7-3-4-8-18(17)13-19/h5-6,9-13,20H,3-4,7-8,14-15,24H2,1-2H3. The second kappa shape index (κ2) is 6.68. The Bertz CT molecular complexity index is 904. The molecule has 0 radical (unpaired) electrons. The Hall–Kier alpha value is -2.06. The van der Waals surface area contributed by atoms with E-state index in [0.717, 1.165) is 6.42 Å². The van der Waals surface area contributed by atoms with Gasteiger partial charge in [0.2, 0.25) is 0 Å². The van der Waals surface area contributed by atoms with Gasteiger partial charge in [-0.15, -0.1) is 0 Å². The molecular weight excluding hydrogens is 304 g/mol. The number of benzene rings is 2. The summed E-state index contributed by atoms with van der Waals surface area (Å²) in [5, 5.41) is 1.37. The van der Waals surface area contributed by atoms with Crippen LogP contribution in [0.1, 0.15) is 46.7 Å². The maximum absolute atomic E-state index is 6.22. The molecule has 2 aromatic carbocycles. The van der Waals surface area contributed by atoms with Crippen LogP contribution in [0.5, 0.6) is 0 Å². The van der Waals surface area contributed by atoms with Crippen molar-refractivity contribution in [3.63, 3.8) is 0 Å². The summed E-state index contributed by atoms with van der Waals surface area (Å²) in [6.07, 6.45) is 6.15. The van der Waals surface area contributed by atoms with E-state index in [4.69, 9.17) is 5.73 Å².